The minimum absolute atomic E-state index is 0.391. The van der Waals surface area contributed by atoms with E-state index in [0.29, 0.717) is 17.5 Å². The molecule has 0 N–H and O–H groups in total. The van der Waals surface area contributed by atoms with Gasteiger partial charge in [-0.2, -0.15) is 0 Å². The summed E-state index contributed by atoms with van der Waals surface area (Å²) in [6.07, 6.45) is 0. The zero-order valence-corrected chi connectivity index (χ0v) is 30.9. The Hall–Kier alpha value is -7.49. The topological polar surface area (TPSA) is 38.7 Å². The van der Waals surface area contributed by atoms with Gasteiger partial charge in [0.05, 0.1) is 5.41 Å². The summed E-state index contributed by atoms with van der Waals surface area (Å²) in [5.41, 5.74) is 15.1. The van der Waals surface area contributed by atoms with Crippen LogP contribution in [0.3, 0.4) is 0 Å². The summed E-state index contributed by atoms with van der Waals surface area (Å²) < 4.78 is 0. The number of fused-ring (bicyclic) bond motifs is 7. The molecule has 0 fully saturated rings. The highest BCUT2D eigenvalue weighted by Crippen LogP contribution is 2.62. The summed E-state index contributed by atoms with van der Waals surface area (Å²) >= 11 is 0. The van der Waals surface area contributed by atoms with Crippen molar-refractivity contribution >= 4 is 21.5 Å². The van der Waals surface area contributed by atoms with Crippen LogP contribution in [0.5, 0.6) is 0 Å². The number of rotatable bonds is 5. The first-order chi connectivity index (χ1) is 28.2. The van der Waals surface area contributed by atoms with Gasteiger partial charge in [0.1, 0.15) is 0 Å². The van der Waals surface area contributed by atoms with E-state index in [1.807, 2.05) is 24.3 Å². The fourth-order valence-electron chi connectivity index (χ4n) is 9.60. The van der Waals surface area contributed by atoms with Gasteiger partial charge in [0.2, 0.25) is 0 Å². The maximum atomic E-state index is 5.09. The molecule has 3 heteroatoms. The van der Waals surface area contributed by atoms with Crippen molar-refractivity contribution in [3.63, 3.8) is 0 Å². The predicted molar refractivity (Wildman–Crippen MR) is 233 cm³/mol. The van der Waals surface area contributed by atoms with E-state index in [-0.39, 0.29) is 0 Å². The molecular weight excluding hydrogens is 691 g/mol. The lowest BCUT2D eigenvalue weighted by Gasteiger charge is -2.31. The molecule has 1 aromatic heterocycles. The molecule has 0 saturated carbocycles. The van der Waals surface area contributed by atoms with Crippen LogP contribution >= 0.6 is 0 Å². The van der Waals surface area contributed by atoms with Crippen LogP contribution < -0.4 is 0 Å². The van der Waals surface area contributed by atoms with E-state index in [2.05, 4.69) is 176 Å². The van der Waals surface area contributed by atoms with Gasteiger partial charge < -0.3 is 0 Å². The standard InChI is InChI=1S/C54H33N3/c1-3-12-34(13-4-1)40-18-9-19-42(32-40)53-56-51(38-14-5-2-6-15-38)55-52(57-53)39-28-24-35(25-29-39)41-30-31-44-43-20-7-8-21-45(43)54(48(44)33-41)46-22-10-16-36-26-27-37-17-11-23-47(54)50(37)49(36)46/h1-33H. The quantitative estimate of drug-likeness (QED) is 0.166. The van der Waals surface area contributed by atoms with Crippen LogP contribution in [0, 0.1) is 0 Å². The summed E-state index contributed by atoms with van der Waals surface area (Å²) in [7, 11) is 0. The first-order valence-electron chi connectivity index (χ1n) is 19.5. The third-order valence-corrected chi connectivity index (χ3v) is 12.1. The van der Waals surface area contributed by atoms with Gasteiger partial charge in [0.25, 0.3) is 0 Å². The van der Waals surface area contributed by atoms with E-state index >= 15 is 0 Å². The molecule has 2 aliphatic rings. The molecule has 1 heterocycles. The maximum Gasteiger partial charge on any atom is 0.164 e. The molecule has 0 saturated heterocycles. The van der Waals surface area contributed by atoms with Gasteiger partial charge in [-0.05, 0) is 89.3 Å². The molecule has 0 radical (unpaired) electrons. The Bertz CT molecular complexity index is 3160. The van der Waals surface area contributed by atoms with E-state index in [9.17, 15) is 0 Å². The molecule has 2 aliphatic carbocycles. The van der Waals surface area contributed by atoms with E-state index in [1.165, 1.54) is 60.5 Å². The second-order valence-electron chi connectivity index (χ2n) is 15.1. The molecule has 1 spiro atoms. The predicted octanol–water partition coefficient (Wildman–Crippen LogP) is 13.2. The number of benzene rings is 9. The van der Waals surface area contributed by atoms with E-state index in [4.69, 9.17) is 15.0 Å². The number of hydrogen-bond acceptors (Lipinski definition) is 3. The van der Waals surface area contributed by atoms with Gasteiger partial charge in [-0.25, -0.2) is 15.0 Å². The van der Waals surface area contributed by atoms with Crippen LogP contribution in [0.1, 0.15) is 22.3 Å². The molecule has 12 rings (SSSR count). The lowest BCUT2D eigenvalue weighted by atomic mass is 9.70. The summed E-state index contributed by atoms with van der Waals surface area (Å²) in [5.74, 6) is 1.94. The second-order valence-corrected chi connectivity index (χ2v) is 15.1. The van der Waals surface area contributed by atoms with Crippen molar-refractivity contribution in [2.24, 2.45) is 0 Å². The third-order valence-electron chi connectivity index (χ3n) is 12.1. The van der Waals surface area contributed by atoms with Crippen molar-refractivity contribution in [2.45, 2.75) is 5.41 Å². The van der Waals surface area contributed by atoms with Crippen LogP contribution in [-0.4, -0.2) is 15.0 Å². The minimum atomic E-state index is -0.391. The highest BCUT2D eigenvalue weighted by atomic mass is 15.0. The van der Waals surface area contributed by atoms with Crippen molar-refractivity contribution in [2.75, 3.05) is 0 Å². The summed E-state index contributed by atoms with van der Waals surface area (Å²) in [4.78, 5) is 15.1. The highest BCUT2D eigenvalue weighted by molar-refractivity contribution is 6.17. The first-order valence-corrected chi connectivity index (χ1v) is 19.5. The molecule has 9 aromatic carbocycles. The monoisotopic (exact) mass is 723 g/mol. The maximum absolute atomic E-state index is 5.09. The lowest BCUT2D eigenvalue weighted by Crippen LogP contribution is -2.26. The zero-order valence-electron chi connectivity index (χ0n) is 30.9. The smallest absolute Gasteiger partial charge is 0.164 e. The van der Waals surface area contributed by atoms with Crippen molar-refractivity contribution < 1.29 is 0 Å². The van der Waals surface area contributed by atoms with Crippen molar-refractivity contribution in [3.05, 3.63) is 222 Å². The fourth-order valence-corrected chi connectivity index (χ4v) is 9.60. The molecule has 57 heavy (non-hydrogen) atoms. The second kappa shape index (κ2) is 12.3. The number of nitrogens with zero attached hydrogens (tertiary/aromatic N) is 3. The van der Waals surface area contributed by atoms with Crippen molar-refractivity contribution in [1.82, 2.24) is 15.0 Å². The summed E-state index contributed by atoms with van der Waals surface area (Å²) in [5, 5.41) is 5.34. The average Bonchev–Trinajstić information content (AvgIpc) is 3.77. The molecule has 3 nitrogen and oxygen atoms in total. The Kier molecular flexibility index (Phi) is 6.84. The molecule has 0 unspecified atom stereocenters. The third kappa shape index (κ3) is 4.69. The van der Waals surface area contributed by atoms with Crippen LogP contribution in [0.25, 0.3) is 89.1 Å². The zero-order chi connectivity index (χ0) is 37.5. The molecule has 0 bridgehead atoms. The Morgan fingerprint density at radius 1 is 0.263 bits per heavy atom. The van der Waals surface area contributed by atoms with Crippen LogP contribution in [-0.2, 0) is 5.41 Å². The van der Waals surface area contributed by atoms with Gasteiger partial charge in [0.15, 0.2) is 17.5 Å². The fraction of sp³-hybridized carbons (Fsp3) is 0.0185. The van der Waals surface area contributed by atoms with Crippen LogP contribution in [0.4, 0.5) is 0 Å². The Morgan fingerprint density at radius 3 is 1.39 bits per heavy atom. The molecular formula is C54H33N3. The Labute approximate surface area is 330 Å². The summed E-state index contributed by atoms with van der Waals surface area (Å²) in [6.45, 7) is 0. The van der Waals surface area contributed by atoms with Gasteiger partial charge in [-0.3, -0.25) is 0 Å². The van der Waals surface area contributed by atoms with Gasteiger partial charge >= 0.3 is 0 Å². The van der Waals surface area contributed by atoms with Gasteiger partial charge in [0, 0.05) is 16.7 Å². The van der Waals surface area contributed by atoms with E-state index in [1.54, 1.807) is 0 Å². The van der Waals surface area contributed by atoms with Crippen molar-refractivity contribution in [3.8, 4) is 67.5 Å². The normalized spacial score (nSPS) is 13.1. The first kappa shape index (κ1) is 31.8. The Morgan fingerprint density at radius 2 is 0.702 bits per heavy atom. The highest BCUT2D eigenvalue weighted by Gasteiger charge is 2.50. The van der Waals surface area contributed by atoms with Gasteiger partial charge in [-0.15, -0.1) is 0 Å². The molecule has 264 valence electrons. The number of hydrogen-bond donors (Lipinski definition) is 0. The van der Waals surface area contributed by atoms with Gasteiger partial charge in [-0.1, -0.05) is 188 Å². The van der Waals surface area contributed by atoms with Crippen molar-refractivity contribution in [1.29, 1.82) is 0 Å². The van der Waals surface area contributed by atoms with E-state index < -0.39 is 5.41 Å². The minimum Gasteiger partial charge on any atom is -0.208 e. The molecule has 10 aromatic rings. The average molecular weight is 724 g/mol. The lowest BCUT2D eigenvalue weighted by molar-refractivity contribution is 0.797. The Balaban J connectivity index is 0.982. The summed E-state index contributed by atoms with van der Waals surface area (Å²) in [6, 6.07) is 72.1. The molecule has 0 atom stereocenters. The van der Waals surface area contributed by atoms with E-state index in [0.717, 1.165) is 33.4 Å². The largest absolute Gasteiger partial charge is 0.208 e. The van der Waals surface area contributed by atoms with Crippen LogP contribution in [0.2, 0.25) is 0 Å². The molecule has 0 amide bonds. The SMILES string of the molecule is c1ccc(-c2cccc(-c3nc(-c4ccccc4)nc(-c4ccc(-c5ccc6c(c5)C5(c7ccccc7-6)c6cccc7ccc8cccc5c8c67)cc4)n3)c2)cc1. The van der Waals surface area contributed by atoms with Crippen LogP contribution in [0.15, 0.2) is 200 Å². The molecule has 0 aliphatic heterocycles. The number of aromatic nitrogens is 3.